The van der Waals surface area contributed by atoms with Crippen LogP contribution in [0.1, 0.15) is 31.6 Å². The number of rotatable bonds is 3. The molecule has 0 aliphatic heterocycles. The fourth-order valence-electron chi connectivity index (χ4n) is 1.47. The summed E-state index contributed by atoms with van der Waals surface area (Å²) in [5.74, 6) is 1.13. The van der Waals surface area contributed by atoms with Crippen molar-refractivity contribution in [2.45, 2.75) is 31.8 Å². The minimum absolute atomic E-state index is 0.387. The molecule has 1 aliphatic carbocycles. The number of hydrogen-bond acceptors (Lipinski definition) is 2. The first-order valence-electron chi connectivity index (χ1n) is 4.50. The first-order valence-corrected chi connectivity index (χ1v) is 4.50. The average Bonchev–Trinajstić information content (AvgIpc) is 2.72. The summed E-state index contributed by atoms with van der Waals surface area (Å²) in [5.41, 5.74) is 0. The molecule has 0 radical (unpaired) electrons. The molecule has 0 aromatic carbocycles. The number of imidazole rings is 1. The van der Waals surface area contributed by atoms with Crippen LogP contribution in [0, 0.1) is 0 Å². The van der Waals surface area contributed by atoms with E-state index in [2.05, 4.69) is 21.8 Å². The van der Waals surface area contributed by atoms with Crippen LogP contribution in [0.2, 0.25) is 0 Å². The Morgan fingerprint density at radius 2 is 2.42 bits per heavy atom. The van der Waals surface area contributed by atoms with Crippen molar-refractivity contribution in [2.24, 2.45) is 7.05 Å². The number of nitrogens with one attached hydrogen (secondary N) is 1. The second-order valence-electron chi connectivity index (χ2n) is 3.56. The third-order valence-electron chi connectivity index (χ3n) is 2.31. The van der Waals surface area contributed by atoms with E-state index in [0.717, 1.165) is 11.9 Å². The maximum atomic E-state index is 4.30. The lowest BCUT2D eigenvalue weighted by Crippen LogP contribution is -2.23. The van der Waals surface area contributed by atoms with Crippen LogP contribution in [0.15, 0.2) is 12.4 Å². The van der Waals surface area contributed by atoms with Crippen LogP contribution < -0.4 is 5.32 Å². The van der Waals surface area contributed by atoms with E-state index in [9.17, 15) is 0 Å². The smallest absolute Gasteiger partial charge is 0.125 e. The molecule has 1 saturated carbocycles. The average molecular weight is 165 g/mol. The maximum Gasteiger partial charge on any atom is 0.125 e. The maximum absolute atomic E-state index is 4.30. The van der Waals surface area contributed by atoms with Crippen LogP contribution in [0.3, 0.4) is 0 Å². The minimum atomic E-state index is 0.387. The molecule has 2 rings (SSSR count). The first kappa shape index (κ1) is 7.80. The van der Waals surface area contributed by atoms with E-state index in [4.69, 9.17) is 0 Å². The molecule has 66 valence electrons. The zero-order chi connectivity index (χ0) is 8.55. The Balaban J connectivity index is 2.02. The zero-order valence-corrected chi connectivity index (χ0v) is 7.62. The van der Waals surface area contributed by atoms with E-state index in [1.54, 1.807) is 0 Å². The highest BCUT2D eigenvalue weighted by Crippen LogP contribution is 2.22. The summed E-state index contributed by atoms with van der Waals surface area (Å²) in [4.78, 5) is 4.30. The lowest BCUT2D eigenvalue weighted by atomic mass is 10.3. The largest absolute Gasteiger partial charge is 0.337 e. The van der Waals surface area contributed by atoms with Crippen molar-refractivity contribution in [3.05, 3.63) is 18.2 Å². The Morgan fingerprint density at radius 3 is 2.92 bits per heavy atom. The molecule has 0 amide bonds. The third kappa shape index (κ3) is 1.50. The highest BCUT2D eigenvalue weighted by atomic mass is 15.1. The van der Waals surface area contributed by atoms with Gasteiger partial charge in [-0.15, -0.1) is 0 Å². The van der Waals surface area contributed by atoms with Gasteiger partial charge in [0.2, 0.25) is 0 Å². The van der Waals surface area contributed by atoms with Crippen LogP contribution in [-0.2, 0) is 7.05 Å². The zero-order valence-electron chi connectivity index (χ0n) is 7.62. The standard InChI is InChI=1S/C9H15N3/c1-7(11-8-3-4-8)9-10-5-6-12(9)2/h5-8,11H,3-4H2,1-2H3. The van der Waals surface area contributed by atoms with Gasteiger partial charge in [-0.2, -0.15) is 0 Å². The van der Waals surface area contributed by atoms with Crippen molar-refractivity contribution < 1.29 is 0 Å². The van der Waals surface area contributed by atoms with Gasteiger partial charge in [0.1, 0.15) is 5.82 Å². The molecule has 0 saturated heterocycles. The van der Waals surface area contributed by atoms with E-state index in [0.29, 0.717) is 6.04 Å². The van der Waals surface area contributed by atoms with Crippen molar-refractivity contribution in [1.29, 1.82) is 0 Å². The van der Waals surface area contributed by atoms with Crippen molar-refractivity contribution in [3.63, 3.8) is 0 Å². The second kappa shape index (κ2) is 2.90. The molecule has 1 aromatic rings. The van der Waals surface area contributed by atoms with Gasteiger partial charge in [-0.05, 0) is 19.8 Å². The Hall–Kier alpha value is -0.830. The highest BCUT2D eigenvalue weighted by Gasteiger charge is 2.24. The summed E-state index contributed by atoms with van der Waals surface area (Å²) in [6.45, 7) is 2.17. The summed E-state index contributed by atoms with van der Waals surface area (Å²) in [6, 6.07) is 1.13. The van der Waals surface area contributed by atoms with Gasteiger partial charge in [0.25, 0.3) is 0 Å². The summed E-state index contributed by atoms with van der Waals surface area (Å²) in [5, 5.41) is 3.51. The van der Waals surface area contributed by atoms with Gasteiger partial charge in [-0.1, -0.05) is 0 Å². The molecular weight excluding hydrogens is 150 g/mol. The Labute approximate surface area is 72.8 Å². The van der Waals surface area contributed by atoms with E-state index in [1.807, 2.05) is 19.4 Å². The predicted molar refractivity (Wildman–Crippen MR) is 47.8 cm³/mol. The van der Waals surface area contributed by atoms with E-state index >= 15 is 0 Å². The molecule has 1 heterocycles. The van der Waals surface area contributed by atoms with Crippen molar-refractivity contribution >= 4 is 0 Å². The summed E-state index contributed by atoms with van der Waals surface area (Å²) < 4.78 is 2.07. The van der Waals surface area contributed by atoms with Crippen LogP contribution in [0.5, 0.6) is 0 Å². The van der Waals surface area contributed by atoms with Crippen LogP contribution in [0.4, 0.5) is 0 Å². The number of aromatic nitrogens is 2. The van der Waals surface area contributed by atoms with Gasteiger partial charge >= 0.3 is 0 Å². The third-order valence-corrected chi connectivity index (χ3v) is 2.31. The number of hydrogen-bond donors (Lipinski definition) is 1. The van der Waals surface area contributed by atoms with Crippen molar-refractivity contribution in [1.82, 2.24) is 14.9 Å². The first-order chi connectivity index (χ1) is 5.77. The molecule has 3 heteroatoms. The van der Waals surface area contributed by atoms with Crippen molar-refractivity contribution in [2.75, 3.05) is 0 Å². The predicted octanol–water partition coefficient (Wildman–Crippen LogP) is 1.23. The van der Waals surface area contributed by atoms with Gasteiger partial charge in [0, 0.05) is 25.5 Å². The molecule has 0 bridgehead atoms. The molecule has 1 N–H and O–H groups in total. The molecule has 1 aliphatic rings. The van der Waals surface area contributed by atoms with Crippen LogP contribution in [-0.4, -0.2) is 15.6 Å². The molecule has 0 spiro atoms. The van der Waals surface area contributed by atoms with Gasteiger partial charge in [-0.3, -0.25) is 0 Å². The molecule has 3 nitrogen and oxygen atoms in total. The second-order valence-corrected chi connectivity index (χ2v) is 3.56. The van der Waals surface area contributed by atoms with Crippen LogP contribution >= 0.6 is 0 Å². The van der Waals surface area contributed by atoms with Gasteiger partial charge < -0.3 is 9.88 Å². The van der Waals surface area contributed by atoms with E-state index in [1.165, 1.54) is 12.8 Å². The van der Waals surface area contributed by atoms with Gasteiger partial charge in [0.15, 0.2) is 0 Å². The van der Waals surface area contributed by atoms with E-state index < -0.39 is 0 Å². The lowest BCUT2D eigenvalue weighted by Gasteiger charge is -2.12. The number of aryl methyl sites for hydroxylation is 1. The summed E-state index contributed by atoms with van der Waals surface area (Å²) >= 11 is 0. The molecule has 1 unspecified atom stereocenters. The normalized spacial score (nSPS) is 19.5. The Morgan fingerprint density at radius 1 is 1.67 bits per heavy atom. The summed E-state index contributed by atoms with van der Waals surface area (Å²) in [7, 11) is 2.04. The molecule has 1 aromatic heterocycles. The quantitative estimate of drug-likeness (QED) is 0.730. The molecule has 1 atom stereocenters. The lowest BCUT2D eigenvalue weighted by molar-refractivity contribution is 0.527. The Bertz CT molecular complexity index is 262. The van der Waals surface area contributed by atoms with E-state index in [-0.39, 0.29) is 0 Å². The minimum Gasteiger partial charge on any atom is -0.337 e. The topological polar surface area (TPSA) is 29.9 Å². The van der Waals surface area contributed by atoms with Crippen molar-refractivity contribution in [3.8, 4) is 0 Å². The molecular formula is C9H15N3. The fraction of sp³-hybridized carbons (Fsp3) is 0.667. The van der Waals surface area contributed by atoms with Gasteiger partial charge in [0.05, 0.1) is 6.04 Å². The number of nitrogens with zero attached hydrogens (tertiary/aromatic N) is 2. The highest BCUT2D eigenvalue weighted by molar-refractivity contribution is 4.99. The molecule has 12 heavy (non-hydrogen) atoms. The van der Waals surface area contributed by atoms with Gasteiger partial charge in [-0.25, -0.2) is 4.98 Å². The summed E-state index contributed by atoms with van der Waals surface area (Å²) in [6.07, 6.45) is 6.49. The monoisotopic (exact) mass is 165 g/mol. The fourth-order valence-corrected chi connectivity index (χ4v) is 1.47. The SMILES string of the molecule is CC(NC1CC1)c1nccn1C. The van der Waals surface area contributed by atoms with Crippen LogP contribution in [0.25, 0.3) is 0 Å². The molecule has 1 fully saturated rings. The Kier molecular flexibility index (Phi) is 1.89.